The molecule has 0 saturated carbocycles. The van der Waals surface area contributed by atoms with Gasteiger partial charge in [0.25, 0.3) is 0 Å². The number of nitrogens with one attached hydrogen (secondary N) is 1. The molecular formula is C16H23BrN2. The van der Waals surface area contributed by atoms with E-state index in [9.17, 15) is 0 Å². The van der Waals surface area contributed by atoms with Gasteiger partial charge in [-0.15, -0.1) is 0 Å². The highest BCUT2D eigenvalue weighted by molar-refractivity contribution is 9.10. The van der Waals surface area contributed by atoms with Gasteiger partial charge in [0.15, 0.2) is 0 Å². The van der Waals surface area contributed by atoms with Gasteiger partial charge in [0, 0.05) is 22.6 Å². The van der Waals surface area contributed by atoms with Crippen molar-refractivity contribution in [2.75, 3.05) is 13.1 Å². The first-order valence-electron chi connectivity index (χ1n) is 7.50. The van der Waals surface area contributed by atoms with Gasteiger partial charge in [-0.05, 0) is 63.4 Å². The minimum atomic E-state index is 0.521. The third-order valence-electron chi connectivity index (χ3n) is 4.73. The van der Waals surface area contributed by atoms with E-state index in [1.54, 1.807) is 0 Å². The highest BCUT2D eigenvalue weighted by Crippen LogP contribution is 2.33. The lowest BCUT2D eigenvalue weighted by molar-refractivity contribution is 0.163. The maximum absolute atomic E-state index is 3.70. The summed E-state index contributed by atoms with van der Waals surface area (Å²) in [5, 5.41) is 3.70. The second kappa shape index (κ2) is 5.94. The van der Waals surface area contributed by atoms with E-state index >= 15 is 0 Å². The average molecular weight is 323 g/mol. The van der Waals surface area contributed by atoms with Crippen molar-refractivity contribution >= 4 is 15.9 Å². The lowest BCUT2D eigenvalue weighted by Crippen LogP contribution is -2.44. The van der Waals surface area contributed by atoms with Crippen LogP contribution >= 0.6 is 15.9 Å². The summed E-state index contributed by atoms with van der Waals surface area (Å²) in [7, 11) is 0. The lowest BCUT2D eigenvalue weighted by atomic mass is 10.0. The van der Waals surface area contributed by atoms with E-state index in [-0.39, 0.29) is 0 Å². The first-order chi connectivity index (χ1) is 9.25. The van der Waals surface area contributed by atoms with E-state index < -0.39 is 0 Å². The molecule has 0 aromatic heterocycles. The number of likely N-dealkylation sites (tertiary alicyclic amines) is 1. The Hall–Kier alpha value is -0.380. The van der Waals surface area contributed by atoms with Gasteiger partial charge >= 0.3 is 0 Å². The molecule has 3 heteroatoms. The fourth-order valence-electron chi connectivity index (χ4n) is 3.73. The lowest BCUT2D eigenvalue weighted by Gasteiger charge is -2.34. The zero-order valence-electron chi connectivity index (χ0n) is 11.6. The summed E-state index contributed by atoms with van der Waals surface area (Å²) < 4.78 is 1.19. The van der Waals surface area contributed by atoms with Gasteiger partial charge in [-0.2, -0.15) is 0 Å². The van der Waals surface area contributed by atoms with Crippen LogP contribution in [0.4, 0.5) is 0 Å². The number of hydrogen-bond donors (Lipinski definition) is 1. The zero-order valence-corrected chi connectivity index (χ0v) is 13.2. The van der Waals surface area contributed by atoms with Crippen LogP contribution in [-0.2, 0) is 0 Å². The predicted molar refractivity (Wildman–Crippen MR) is 83.3 cm³/mol. The van der Waals surface area contributed by atoms with E-state index in [1.807, 2.05) is 0 Å². The molecule has 0 spiro atoms. The highest BCUT2D eigenvalue weighted by atomic mass is 79.9. The van der Waals surface area contributed by atoms with Crippen molar-refractivity contribution in [1.82, 2.24) is 10.2 Å². The van der Waals surface area contributed by atoms with Crippen LogP contribution in [-0.4, -0.2) is 30.1 Å². The molecule has 3 atom stereocenters. The quantitative estimate of drug-likeness (QED) is 0.912. The molecule has 2 saturated heterocycles. The Labute approximate surface area is 124 Å². The summed E-state index contributed by atoms with van der Waals surface area (Å²) in [6.07, 6.45) is 5.41. The van der Waals surface area contributed by atoms with Crippen molar-refractivity contribution in [2.45, 2.75) is 50.7 Å². The Kier molecular flexibility index (Phi) is 4.25. The van der Waals surface area contributed by atoms with E-state index in [0.717, 1.165) is 12.1 Å². The largest absolute Gasteiger partial charge is 0.312 e. The van der Waals surface area contributed by atoms with Gasteiger partial charge < -0.3 is 5.32 Å². The molecule has 1 aromatic rings. The second-order valence-electron chi connectivity index (χ2n) is 5.88. The standard InChI is InChI=1S/C16H23BrN2/c1-12(13-5-2-6-14(17)11-13)19-10-4-8-16(19)15-7-3-9-18-15/h2,5-6,11-12,15-16,18H,3-4,7-10H2,1H3. The number of halogens is 1. The van der Waals surface area contributed by atoms with Crippen molar-refractivity contribution < 1.29 is 0 Å². The highest BCUT2D eigenvalue weighted by Gasteiger charge is 2.35. The average Bonchev–Trinajstić information content (AvgIpc) is 3.08. The molecule has 19 heavy (non-hydrogen) atoms. The van der Waals surface area contributed by atoms with Crippen molar-refractivity contribution in [3.05, 3.63) is 34.3 Å². The van der Waals surface area contributed by atoms with Gasteiger partial charge in [-0.1, -0.05) is 28.1 Å². The monoisotopic (exact) mass is 322 g/mol. The van der Waals surface area contributed by atoms with Gasteiger partial charge in [-0.3, -0.25) is 4.90 Å². The Bertz CT molecular complexity index is 429. The molecular weight excluding hydrogens is 300 g/mol. The van der Waals surface area contributed by atoms with Crippen LogP contribution in [0.2, 0.25) is 0 Å². The Morgan fingerprint density at radius 3 is 2.95 bits per heavy atom. The normalized spacial score (nSPS) is 29.8. The smallest absolute Gasteiger partial charge is 0.0323 e. The summed E-state index contributed by atoms with van der Waals surface area (Å²) in [5.74, 6) is 0. The Morgan fingerprint density at radius 2 is 2.21 bits per heavy atom. The maximum Gasteiger partial charge on any atom is 0.0323 e. The SMILES string of the molecule is CC(c1cccc(Br)c1)N1CCCC1C1CCCN1. The molecule has 0 radical (unpaired) electrons. The Morgan fingerprint density at radius 1 is 1.32 bits per heavy atom. The van der Waals surface area contributed by atoms with Crippen molar-refractivity contribution in [1.29, 1.82) is 0 Å². The molecule has 2 aliphatic heterocycles. The fraction of sp³-hybridized carbons (Fsp3) is 0.625. The molecule has 2 heterocycles. The van der Waals surface area contributed by atoms with Crippen molar-refractivity contribution in [3.63, 3.8) is 0 Å². The summed E-state index contributed by atoms with van der Waals surface area (Å²) >= 11 is 3.59. The molecule has 3 rings (SSSR count). The van der Waals surface area contributed by atoms with Crippen LogP contribution in [0, 0.1) is 0 Å². The summed E-state index contributed by atoms with van der Waals surface area (Å²) in [6.45, 7) is 4.81. The topological polar surface area (TPSA) is 15.3 Å². The zero-order chi connectivity index (χ0) is 13.2. The minimum absolute atomic E-state index is 0.521. The van der Waals surface area contributed by atoms with Crippen LogP contribution < -0.4 is 5.32 Å². The summed E-state index contributed by atoms with van der Waals surface area (Å²) in [5.41, 5.74) is 1.43. The van der Waals surface area contributed by atoms with Crippen LogP contribution in [0.15, 0.2) is 28.7 Å². The molecule has 1 N–H and O–H groups in total. The van der Waals surface area contributed by atoms with Crippen molar-refractivity contribution in [3.8, 4) is 0 Å². The van der Waals surface area contributed by atoms with Gasteiger partial charge in [-0.25, -0.2) is 0 Å². The van der Waals surface area contributed by atoms with Crippen LogP contribution in [0.3, 0.4) is 0 Å². The van der Waals surface area contributed by atoms with Gasteiger partial charge in [0.2, 0.25) is 0 Å². The van der Waals surface area contributed by atoms with Crippen LogP contribution in [0.25, 0.3) is 0 Å². The van der Waals surface area contributed by atoms with E-state index in [2.05, 4.69) is 57.3 Å². The first-order valence-corrected chi connectivity index (χ1v) is 8.29. The second-order valence-corrected chi connectivity index (χ2v) is 6.80. The minimum Gasteiger partial charge on any atom is -0.312 e. The Balaban J connectivity index is 1.76. The van der Waals surface area contributed by atoms with E-state index in [4.69, 9.17) is 0 Å². The summed E-state index contributed by atoms with van der Waals surface area (Å²) in [6, 6.07) is 10.8. The molecule has 1 aromatic carbocycles. The number of rotatable bonds is 3. The predicted octanol–water partition coefficient (Wildman–Crippen LogP) is 3.73. The molecule has 2 nitrogen and oxygen atoms in total. The van der Waals surface area contributed by atoms with Gasteiger partial charge in [0.1, 0.15) is 0 Å². The third-order valence-corrected chi connectivity index (χ3v) is 5.23. The van der Waals surface area contributed by atoms with Crippen molar-refractivity contribution in [2.24, 2.45) is 0 Å². The molecule has 2 fully saturated rings. The summed E-state index contributed by atoms with van der Waals surface area (Å²) in [4.78, 5) is 2.71. The maximum atomic E-state index is 3.70. The molecule has 0 aliphatic carbocycles. The number of benzene rings is 1. The number of hydrogen-bond acceptors (Lipinski definition) is 2. The van der Waals surface area contributed by atoms with Crippen LogP contribution in [0.5, 0.6) is 0 Å². The fourth-order valence-corrected chi connectivity index (χ4v) is 4.14. The first kappa shape index (κ1) is 13.6. The van der Waals surface area contributed by atoms with Gasteiger partial charge in [0.05, 0.1) is 0 Å². The molecule has 104 valence electrons. The van der Waals surface area contributed by atoms with E-state index in [0.29, 0.717) is 6.04 Å². The van der Waals surface area contributed by atoms with E-state index in [1.165, 1.54) is 48.8 Å². The third kappa shape index (κ3) is 2.88. The molecule has 2 aliphatic rings. The van der Waals surface area contributed by atoms with Crippen LogP contribution in [0.1, 0.15) is 44.2 Å². The number of nitrogens with zero attached hydrogens (tertiary/aromatic N) is 1. The molecule has 0 bridgehead atoms. The molecule has 0 amide bonds. The molecule has 3 unspecified atom stereocenters.